The number of likely N-dealkylation sites (tertiary alicyclic amines) is 1. The van der Waals surface area contributed by atoms with Crippen LogP contribution >= 0.6 is 0 Å². The highest BCUT2D eigenvalue weighted by molar-refractivity contribution is 5.89. The molecule has 7 aliphatic rings. The number of carboxylic acids is 1. The number of hydrogen-bond donors (Lipinski definition) is 2. The van der Waals surface area contributed by atoms with E-state index in [1.807, 2.05) is 12.3 Å². The molecule has 1 amide bonds. The summed E-state index contributed by atoms with van der Waals surface area (Å²) in [6, 6.07) is 10.3. The molecule has 1 aromatic carbocycles. The first-order valence-electron chi connectivity index (χ1n) is 22.4. The van der Waals surface area contributed by atoms with Crippen molar-refractivity contribution in [2.24, 2.45) is 68.0 Å². The van der Waals surface area contributed by atoms with Crippen molar-refractivity contribution >= 4 is 17.8 Å². The van der Waals surface area contributed by atoms with Crippen molar-refractivity contribution in [1.82, 2.24) is 14.9 Å². The number of aromatic amines is 1. The fraction of sp³-hybridized carbons (Fsp3) is 0.714. The number of nitrogens with one attached hydrogen (secondary N) is 1. The van der Waals surface area contributed by atoms with Crippen molar-refractivity contribution in [2.45, 2.75) is 144 Å². The van der Waals surface area contributed by atoms with Gasteiger partial charge in [-0.05, 0) is 149 Å². The number of ether oxygens (including phenoxy) is 1. The van der Waals surface area contributed by atoms with E-state index < -0.39 is 17.3 Å². The summed E-state index contributed by atoms with van der Waals surface area (Å²) in [4.78, 5) is 51.4. The molecule has 1 aromatic heterocycles. The van der Waals surface area contributed by atoms with Crippen molar-refractivity contribution in [3.05, 3.63) is 54.5 Å². The average Bonchev–Trinajstić information content (AvgIpc) is 3.59. The van der Waals surface area contributed by atoms with Gasteiger partial charge in [0.1, 0.15) is 11.9 Å². The molecule has 9 rings (SSSR count). The highest BCUT2D eigenvalue weighted by Crippen LogP contribution is 2.78. The van der Waals surface area contributed by atoms with Gasteiger partial charge in [0.15, 0.2) is 0 Å². The fourth-order valence-electron chi connectivity index (χ4n) is 15.7. The number of carbonyl (C=O) groups excluding carboxylic acids is 2. The molecule has 13 atom stereocenters. The maximum Gasteiger partial charge on any atom is 0.310 e. The summed E-state index contributed by atoms with van der Waals surface area (Å²) < 4.78 is 6.30. The van der Waals surface area contributed by atoms with Crippen LogP contribution < -0.4 is 0 Å². The van der Waals surface area contributed by atoms with Crippen molar-refractivity contribution in [2.75, 3.05) is 6.54 Å². The Morgan fingerprint density at radius 1 is 0.877 bits per heavy atom. The molecule has 6 aliphatic carbocycles. The summed E-state index contributed by atoms with van der Waals surface area (Å²) in [6.07, 6.45) is 14.5. The molecule has 1 aliphatic heterocycles. The Labute approximate surface area is 340 Å². The quantitative estimate of drug-likeness (QED) is 0.214. The minimum Gasteiger partial charge on any atom is -0.481 e. The van der Waals surface area contributed by atoms with Crippen LogP contribution in [-0.2, 0) is 19.1 Å². The highest BCUT2D eigenvalue weighted by Gasteiger charge is 2.73. The van der Waals surface area contributed by atoms with Crippen molar-refractivity contribution in [3.8, 4) is 11.3 Å². The third-order valence-corrected chi connectivity index (χ3v) is 19.2. The molecule has 308 valence electrons. The summed E-state index contributed by atoms with van der Waals surface area (Å²) >= 11 is 0. The Bertz CT molecular complexity index is 1970. The second kappa shape index (κ2) is 13.0. The predicted molar refractivity (Wildman–Crippen MR) is 220 cm³/mol. The zero-order valence-electron chi connectivity index (χ0n) is 35.7. The van der Waals surface area contributed by atoms with Crippen LogP contribution in [0.15, 0.2) is 48.7 Å². The van der Waals surface area contributed by atoms with E-state index in [0.717, 1.165) is 94.3 Å². The molecule has 8 heteroatoms. The summed E-state index contributed by atoms with van der Waals surface area (Å²) in [5.74, 6) is 1.61. The molecule has 0 bridgehead atoms. The van der Waals surface area contributed by atoms with Gasteiger partial charge < -0.3 is 19.7 Å². The lowest BCUT2D eigenvalue weighted by Gasteiger charge is -2.73. The van der Waals surface area contributed by atoms with Crippen molar-refractivity contribution in [1.29, 1.82) is 0 Å². The molecule has 0 radical (unpaired) electrons. The van der Waals surface area contributed by atoms with E-state index in [2.05, 4.69) is 82.3 Å². The molecule has 2 unspecified atom stereocenters. The molecular weight excluding hydrogens is 711 g/mol. The Balaban J connectivity index is 0.980. The average molecular weight is 778 g/mol. The van der Waals surface area contributed by atoms with E-state index >= 15 is 4.79 Å². The minimum atomic E-state index is -0.988. The second-order valence-corrected chi connectivity index (χ2v) is 21.8. The van der Waals surface area contributed by atoms with Crippen LogP contribution in [0.5, 0.6) is 0 Å². The van der Waals surface area contributed by atoms with Gasteiger partial charge in [-0.15, -0.1) is 0 Å². The summed E-state index contributed by atoms with van der Waals surface area (Å²) in [6.45, 7) is 21.8. The molecule has 57 heavy (non-hydrogen) atoms. The number of nitrogens with zero attached hydrogens (tertiary/aromatic N) is 2. The smallest absolute Gasteiger partial charge is 0.310 e. The van der Waals surface area contributed by atoms with Crippen LogP contribution in [0.4, 0.5) is 0 Å². The number of benzene rings is 1. The SMILES string of the molecule is C=C(C)[C@@H]1CC[C@]2(C(=O)N3CCC[C@H]3c3ncc(-c4ccccc4)[nH]3)CC[C@]3(C)[C@H](CC[C@@H]4[C@@]5(C)CC[C@H](OC(=O)C6CC6(C)C(=O)O)C(C)(C)[C@@H]5CC[C@]43C)[C@@H]12. The lowest BCUT2D eigenvalue weighted by molar-refractivity contribution is -0.250. The summed E-state index contributed by atoms with van der Waals surface area (Å²) in [7, 11) is 0. The van der Waals surface area contributed by atoms with E-state index in [9.17, 15) is 14.7 Å². The third kappa shape index (κ3) is 5.42. The number of imidazole rings is 1. The lowest BCUT2D eigenvalue weighted by Crippen LogP contribution is -2.67. The first kappa shape index (κ1) is 39.1. The number of amides is 1. The number of aliphatic carboxylic acids is 1. The predicted octanol–water partition coefficient (Wildman–Crippen LogP) is 10.4. The van der Waals surface area contributed by atoms with Gasteiger partial charge in [0.2, 0.25) is 5.91 Å². The van der Waals surface area contributed by atoms with E-state index in [1.165, 1.54) is 12.0 Å². The molecular formula is C49H67N3O5. The van der Waals surface area contributed by atoms with Crippen LogP contribution in [0.1, 0.15) is 144 Å². The van der Waals surface area contributed by atoms with Gasteiger partial charge in [-0.25, -0.2) is 4.98 Å². The van der Waals surface area contributed by atoms with Crippen molar-refractivity contribution < 1.29 is 24.2 Å². The number of aromatic nitrogens is 2. The molecule has 6 saturated carbocycles. The number of H-pyrrole nitrogens is 1. The second-order valence-electron chi connectivity index (χ2n) is 21.8. The molecule has 1 saturated heterocycles. The number of hydrogen-bond acceptors (Lipinski definition) is 5. The van der Waals surface area contributed by atoms with Gasteiger partial charge in [0.05, 0.1) is 34.7 Å². The van der Waals surface area contributed by atoms with E-state index in [-0.39, 0.29) is 45.2 Å². The zero-order valence-corrected chi connectivity index (χ0v) is 35.7. The molecule has 0 spiro atoms. The highest BCUT2D eigenvalue weighted by atomic mass is 16.5. The Hall–Kier alpha value is -3.42. The van der Waals surface area contributed by atoms with Gasteiger partial charge in [-0.2, -0.15) is 0 Å². The van der Waals surface area contributed by atoms with Crippen LogP contribution in [-0.4, -0.2) is 50.5 Å². The van der Waals surface area contributed by atoms with Crippen LogP contribution in [0, 0.1) is 68.0 Å². The van der Waals surface area contributed by atoms with E-state index in [1.54, 1.807) is 6.92 Å². The number of fused-ring (bicyclic) bond motifs is 7. The van der Waals surface area contributed by atoms with Gasteiger partial charge in [0.25, 0.3) is 0 Å². The first-order chi connectivity index (χ1) is 26.9. The largest absolute Gasteiger partial charge is 0.481 e. The van der Waals surface area contributed by atoms with Crippen LogP contribution in [0.3, 0.4) is 0 Å². The summed E-state index contributed by atoms with van der Waals surface area (Å²) in [5.41, 5.74) is 2.16. The van der Waals surface area contributed by atoms with Gasteiger partial charge in [-0.3, -0.25) is 14.4 Å². The van der Waals surface area contributed by atoms with E-state index in [4.69, 9.17) is 9.72 Å². The Morgan fingerprint density at radius 3 is 2.33 bits per heavy atom. The molecule has 7 fully saturated rings. The molecule has 2 heterocycles. The van der Waals surface area contributed by atoms with Crippen LogP contribution in [0.2, 0.25) is 0 Å². The number of rotatable bonds is 7. The standard InChI is InChI=1S/C49H67N3O5/c1-29(2)31-18-23-49(42(54)52-26-12-15-35(52)40-50-28-34(51-40)30-13-10-9-11-14-30)25-24-47(7)32(39(31)49)16-17-37-45(5)21-20-38(44(3,4)36(45)19-22-48(37,47)8)57-41(53)33-27-46(33,6)43(55)56/h9-11,13-14,28,31-33,35-39H,1,12,15-27H2,2-8H3,(H,50,51)(H,55,56)/t31-,32+,33?,35-,36-,37+,38-,39+,45-,46?,47+,48+,49-/m0/s1. The molecule has 2 N–H and O–H groups in total. The van der Waals surface area contributed by atoms with Gasteiger partial charge >= 0.3 is 11.9 Å². The first-order valence-corrected chi connectivity index (χ1v) is 22.4. The maximum absolute atomic E-state index is 15.5. The number of carbonyl (C=O) groups is 3. The number of esters is 1. The zero-order chi connectivity index (χ0) is 40.5. The Kier molecular flexibility index (Phi) is 8.94. The van der Waals surface area contributed by atoms with Crippen molar-refractivity contribution in [3.63, 3.8) is 0 Å². The van der Waals surface area contributed by atoms with Crippen LogP contribution in [0.25, 0.3) is 11.3 Å². The third-order valence-electron chi connectivity index (χ3n) is 19.2. The van der Waals surface area contributed by atoms with E-state index in [0.29, 0.717) is 41.9 Å². The number of allylic oxidation sites excluding steroid dienone is 1. The maximum atomic E-state index is 15.5. The monoisotopic (exact) mass is 778 g/mol. The van der Waals surface area contributed by atoms with Gasteiger partial charge in [-0.1, -0.05) is 77.1 Å². The summed E-state index contributed by atoms with van der Waals surface area (Å²) in [5, 5.41) is 9.70. The fourth-order valence-corrected chi connectivity index (χ4v) is 15.7. The lowest BCUT2D eigenvalue weighted by atomic mass is 9.32. The minimum absolute atomic E-state index is 0.0191. The Morgan fingerprint density at radius 2 is 1.63 bits per heavy atom. The van der Waals surface area contributed by atoms with Gasteiger partial charge in [0, 0.05) is 12.0 Å². The molecule has 8 nitrogen and oxygen atoms in total. The molecule has 2 aromatic rings. The number of carboxylic acid groups (broad SMARTS) is 1. The topological polar surface area (TPSA) is 113 Å². The normalized spacial score (nSPS) is 44.2.